The highest BCUT2D eigenvalue weighted by molar-refractivity contribution is 5.94. The highest BCUT2D eigenvalue weighted by Gasteiger charge is 2.11. The van der Waals surface area contributed by atoms with E-state index in [-0.39, 0.29) is 17.9 Å². The van der Waals surface area contributed by atoms with Gasteiger partial charge in [-0.25, -0.2) is 4.79 Å². The lowest BCUT2D eigenvalue weighted by Gasteiger charge is -2.19. The van der Waals surface area contributed by atoms with Gasteiger partial charge >= 0.3 is 6.03 Å². The Balaban J connectivity index is 1.94. The summed E-state index contributed by atoms with van der Waals surface area (Å²) in [4.78, 5) is 25.8. The molecule has 0 spiro atoms. The molecule has 6 nitrogen and oxygen atoms in total. The summed E-state index contributed by atoms with van der Waals surface area (Å²) in [6.07, 6.45) is 0. The van der Waals surface area contributed by atoms with E-state index in [0.29, 0.717) is 24.5 Å². The van der Waals surface area contributed by atoms with E-state index in [1.807, 2.05) is 45.0 Å². The van der Waals surface area contributed by atoms with Gasteiger partial charge in [-0.3, -0.25) is 4.79 Å². The van der Waals surface area contributed by atoms with Crippen molar-refractivity contribution in [2.45, 2.75) is 27.3 Å². The van der Waals surface area contributed by atoms with Crippen LogP contribution in [0.1, 0.15) is 26.3 Å². The number of benzene rings is 2. The first kappa shape index (κ1) is 20.3. The summed E-state index contributed by atoms with van der Waals surface area (Å²) in [6, 6.07) is 14.6. The van der Waals surface area contributed by atoms with Crippen LogP contribution in [0.4, 0.5) is 16.2 Å². The predicted octanol–water partition coefficient (Wildman–Crippen LogP) is 4.34. The Morgan fingerprint density at radius 1 is 1.04 bits per heavy atom. The first-order valence-electron chi connectivity index (χ1n) is 9.03. The van der Waals surface area contributed by atoms with E-state index < -0.39 is 0 Å². The molecule has 2 aromatic carbocycles. The molecule has 2 N–H and O–H groups in total. The molecule has 144 valence electrons. The smallest absolute Gasteiger partial charge is 0.321 e. The van der Waals surface area contributed by atoms with Gasteiger partial charge in [0, 0.05) is 30.9 Å². The van der Waals surface area contributed by atoms with Crippen LogP contribution in [-0.4, -0.2) is 30.5 Å². The number of hydrogen-bond donors (Lipinski definition) is 2. The SMILES string of the molecule is CCOc1ccc(CN(C)C(=O)Nc2cccc(NC(=O)C(C)C)c2)cc1. The second kappa shape index (κ2) is 9.62. The van der Waals surface area contributed by atoms with Crippen LogP contribution in [0.2, 0.25) is 0 Å². The highest BCUT2D eigenvalue weighted by atomic mass is 16.5. The Morgan fingerprint density at radius 2 is 1.67 bits per heavy atom. The van der Waals surface area contributed by atoms with Crippen LogP contribution < -0.4 is 15.4 Å². The van der Waals surface area contributed by atoms with Crippen LogP contribution in [0.15, 0.2) is 48.5 Å². The minimum absolute atomic E-state index is 0.0638. The summed E-state index contributed by atoms with van der Waals surface area (Å²) in [5, 5.41) is 5.67. The van der Waals surface area contributed by atoms with E-state index in [4.69, 9.17) is 4.74 Å². The van der Waals surface area contributed by atoms with Gasteiger partial charge in [0.15, 0.2) is 0 Å². The fourth-order valence-corrected chi connectivity index (χ4v) is 2.38. The van der Waals surface area contributed by atoms with Crippen LogP contribution in [0.25, 0.3) is 0 Å². The van der Waals surface area contributed by atoms with Crippen molar-refractivity contribution in [3.8, 4) is 5.75 Å². The molecule has 0 aliphatic rings. The number of nitrogens with zero attached hydrogens (tertiary/aromatic N) is 1. The number of rotatable bonds is 7. The monoisotopic (exact) mass is 369 g/mol. The van der Waals surface area contributed by atoms with E-state index >= 15 is 0 Å². The van der Waals surface area contributed by atoms with Gasteiger partial charge < -0.3 is 20.3 Å². The summed E-state index contributed by atoms with van der Waals surface area (Å²) < 4.78 is 5.42. The molecule has 0 fully saturated rings. The molecule has 0 heterocycles. The van der Waals surface area contributed by atoms with Gasteiger partial charge in [-0.15, -0.1) is 0 Å². The second-order valence-corrected chi connectivity index (χ2v) is 6.59. The summed E-state index contributed by atoms with van der Waals surface area (Å²) in [7, 11) is 1.73. The lowest BCUT2D eigenvalue weighted by atomic mass is 10.2. The molecular weight excluding hydrogens is 342 g/mol. The molecule has 0 saturated carbocycles. The minimum Gasteiger partial charge on any atom is -0.494 e. The number of urea groups is 1. The summed E-state index contributed by atoms with van der Waals surface area (Å²) in [6.45, 7) is 6.70. The normalized spacial score (nSPS) is 10.4. The van der Waals surface area contributed by atoms with Crippen LogP contribution in [0.5, 0.6) is 5.75 Å². The predicted molar refractivity (Wildman–Crippen MR) is 108 cm³/mol. The van der Waals surface area contributed by atoms with Crippen molar-refractivity contribution < 1.29 is 14.3 Å². The molecule has 2 rings (SSSR count). The third-order valence-corrected chi connectivity index (χ3v) is 3.91. The number of carbonyl (C=O) groups excluding carboxylic acids is 2. The largest absolute Gasteiger partial charge is 0.494 e. The molecule has 6 heteroatoms. The molecular formula is C21H27N3O3. The Kier molecular flexibility index (Phi) is 7.23. The zero-order valence-electron chi connectivity index (χ0n) is 16.3. The minimum atomic E-state index is -0.226. The first-order chi connectivity index (χ1) is 12.9. The zero-order valence-corrected chi connectivity index (χ0v) is 16.3. The maximum absolute atomic E-state index is 12.4. The molecule has 0 unspecified atom stereocenters. The average Bonchev–Trinajstić information content (AvgIpc) is 2.63. The number of hydrogen-bond acceptors (Lipinski definition) is 3. The van der Waals surface area contributed by atoms with Gasteiger partial charge in [0.05, 0.1) is 6.61 Å². The zero-order chi connectivity index (χ0) is 19.8. The van der Waals surface area contributed by atoms with Crippen molar-refractivity contribution in [2.75, 3.05) is 24.3 Å². The Bertz CT molecular complexity index is 772. The summed E-state index contributed by atoms with van der Waals surface area (Å²) in [5.74, 6) is 0.642. The van der Waals surface area contributed by atoms with E-state index in [1.54, 1.807) is 36.2 Å². The fraction of sp³-hybridized carbons (Fsp3) is 0.333. The maximum atomic E-state index is 12.4. The van der Waals surface area contributed by atoms with Crippen LogP contribution in [0.3, 0.4) is 0 Å². The van der Waals surface area contributed by atoms with E-state index in [1.165, 1.54) is 0 Å². The summed E-state index contributed by atoms with van der Waals surface area (Å²) >= 11 is 0. The molecule has 0 aromatic heterocycles. The van der Waals surface area contributed by atoms with Crippen LogP contribution in [-0.2, 0) is 11.3 Å². The maximum Gasteiger partial charge on any atom is 0.321 e. The van der Waals surface area contributed by atoms with Crippen LogP contribution >= 0.6 is 0 Å². The number of anilines is 2. The molecule has 0 aliphatic heterocycles. The van der Waals surface area contributed by atoms with Crippen molar-refractivity contribution in [1.29, 1.82) is 0 Å². The molecule has 0 saturated heterocycles. The molecule has 0 bridgehead atoms. The molecule has 2 aromatic rings. The number of amides is 3. The number of nitrogens with one attached hydrogen (secondary N) is 2. The fourth-order valence-electron chi connectivity index (χ4n) is 2.38. The standard InChI is InChI=1S/C21H27N3O3/c1-5-27-19-11-9-16(10-12-19)14-24(4)21(26)23-18-8-6-7-17(13-18)22-20(25)15(2)3/h6-13,15H,5,14H2,1-4H3,(H,22,25)(H,23,26). The van der Waals surface area contributed by atoms with Gasteiger partial charge in [-0.05, 0) is 42.8 Å². The van der Waals surface area contributed by atoms with Crippen molar-refractivity contribution in [2.24, 2.45) is 5.92 Å². The first-order valence-corrected chi connectivity index (χ1v) is 9.03. The third kappa shape index (κ3) is 6.33. The quantitative estimate of drug-likeness (QED) is 0.762. The molecule has 3 amide bonds. The molecule has 27 heavy (non-hydrogen) atoms. The van der Waals surface area contributed by atoms with E-state index in [0.717, 1.165) is 11.3 Å². The van der Waals surface area contributed by atoms with Gasteiger partial charge in [-0.1, -0.05) is 32.0 Å². The third-order valence-electron chi connectivity index (χ3n) is 3.91. The molecule has 0 radical (unpaired) electrons. The van der Waals surface area contributed by atoms with Crippen molar-refractivity contribution >= 4 is 23.3 Å². The Morgan fingerprint density at radius 3 is 2.26 bits per heavy atom. The van der Waals surface area contributed by atoms with Crippen LogP contribution in [0, 0.1) is 5.92 Å². The lowest BCUT2D eigenvalue weighted by Crippen LogP contribution is -2.30. The van der Waals surface area contributed by atoms with Gasteiger partial charge in [-0.2, -0.15) is 0 Å². The van der Waals surface area contributed by atoms with Gasteiger partial charge in [0.1, 0.15) is 5.75 Å². The van der Waals surface area contributed by atoms with Crippen molar-refractivity contribution in [1.82, 2.24) is 4.90 Å². The number of carbonyl (C=O) groups is 2. The van der Waals surface area contributed by atoms with Crippen molar-refractivity contribution in [3.63, 3.8) is 0 Å². The van der Waals surface area contributed by atoms with E-state index in [2.05, 4.69) is 10.6 Å². The van der Waals surface area contributed by atoms with Gasteiger partial charge in [0.2, 0.25) is 5.91 Å². The second-order valence-electron chi connectivity index (χ2n) is 6.59. The summed E-state index contributed by atoms with van der Waals surface area (Å²) in [5.41, 5.74) is 2.29. The van der Waals surface area contributed by atoms with Gasteiger partial charge in [0.25, 0.3) is 0 Å². The van der Waals surface area contributed by atoms with E-state index in [9.17, 15) is 9.59 Å². The topological polar surface area (TPSA) is 70.7 Å². The average molecular weight is 369 g/mol. The lowest BCUT2D eigenvalue weighted by molar-refractivity contribution is -0.118. The molecule has 0 aliphatic carbocycles. The Labute approximate surface area is 160 Å². The number of ether oxygens (including phenoxy) is 1. The Hall–Kier alpha value is -3.02. The molecule has 0 atom stereocenters. The van der Waals surface area contributed by atoms with Crippen molar-refractivity contribution in [3.05, 3.63) is 54.1 Å². The highest BCUT2D eigenvalue weighted by Crippen LogP contribution is 2.17.